The molecular weight excluding hydrogens is 352 g/mol. The van der Waals surface area contributed by atoms with E-state index in [1.807, 2.05) is 54.8 Å². The number of rotatable bonds is 5. The largest absolute Gasteiger partial charge is 0.324 e. The molecule has 0 saturated heterocycles. The Morgan fingerprint density at radius 1 is 1.12 bits per heavy atom. The highest BCUT2D eigenvalue weighted by molar-refractivity contribution is 7.98. The summed E-state index contributed by atoms with van der Waals surface area (Å²) in [5.41, 5.74) is 2.99. The number of para-hydroxylation sites is 1. The monoisotopic (exact) mass is 366 g/mol. The molecule has 130 valence electrons. The molecule has 26 heavy (non-hydrogen) atoms. The van der Waals surface area contributed by atoms with Gasteiger partial charge in [0.1, 0.15) is 12.1 Å². The third-order valence-electron chi connectivity index (χ3n) is 3.71. The molecule has 2 aromatic carbocycles. The Balaban J connectivity index is 1.52. The number of fused-ring (bicyclic) bond motifs is 1. The van der Waals surface area contributed by atoms with Crippen LogP contribution >= 0.6 is 11.8 Å². The molecule has 0 aliphatic heterocycles. The van der Waals surface area contributed by atoms with Gasteiger partial charge in [0.15, 0.2) is 0 Å². The van der Waals surface area contributed by atoms with Crippen LogP contribution in [0.1, 0.15) is 0 Å². The zero-order valence-corrected chi connectivity index (χ0v) is 14.6. The van der Waals surface area contributed by atoms with Crippen LogP contribution in [0.5, 0.6) is 0 Å². The second-order valence-electron chi connectivity index (χ2n) is 5.41. The van der Waals surface area contributed by atoms with Gasteiger partial charge in [-0.1, -0.05) is 35.2 Å². The standard InChI is InChI=1S/C16H14N8OS/c1-26-16-19-20-22-24(16)12-6-4-5-11(9-12)17-15(25)10-23-14-8-3-2-7-13(14)18-21-23/h2-9H,10H2,1H3,(H,17,25). The van der Waals surface area contributed by atoms with Gasteiger partial charge in [-0.2, -0.15) is 4.68 Å². The number of hydrogen-bond acceptors (Lipinski definition) is 7. The number of amides is 1. The van der Waals surface area contributed by atoms with Gasteiger partial charge in [0, 0.05) is 5.69 Å². The van der Waals surface area contributed by atoms with E-state index in [2.05, 4.69) is 31.2 Å². The molecule has 0 bridgehead atoms. The van der Waals surface area contributed by atoms with Crippen molar-refractivity contribution in [3.63, 3.8) is 0 Å². The van der Waals surface area contributed by atoms with Gasteiger partial charge < -0.3 is 5.32 Å². The molecule has 0 aliphatic rings. The third kappa shape index (κ3) is 3.14. The van der Waals surface area contributed by atoms with Crippen LogP contribution in [0.4, 0.5) is 5.69 Å². The summed E-state index contributed by atoms with van der Waals surface area (Å²) < 4.78 is 3.19. The Morgan fingerprint density at radius 3 is 2.88 bits per heavy atom. The summed E-state index contributed by atoms with van der Waals surface area (Å²) in [6.07, 6.45) is 1.90. The van der Waals surface area contributed by atoms with Crippen LogP contribution in [-0.2, 0) is 11.3 Å². The predicted molar refractivity (Wildman–Crippen MR) is 97.1 cm³/mol. The Morgan fingerprint density at radius 2 is 2.00 bits per heavy atom. The molecule has 4 rings (SSSR count). The topological polar surface area (TPSA) is 103 Å². The number of anilines is 1. The van der Waals surface area contributed by atoms with E-state index in [0.717, 1.165) is 16.7 Å². The molecule has 0 unspecified atom stereocenters. The van der Waals surface area contributed by atoms with Crippen LogP contribution in [0.2, 0.25) is 0 Å². The number of nitrogens with zero attached hydrogens (tertiary/aromatic N) is 7. The summed E-state index contributed by atoms with van der Waals surface area (Å²) in [7, 11) is 0. The number of hydrogen-bond donors (Lipinski definition) is 1. The molecule has 0 spiro atoms. The van der Waals surface area contributed by atoms with Crippen molar-refractivity contribution in [2.75, 3.05) is 11.6 Å². The number of aromatic nitrogens is 7. The van der Waals surface area contributed by atoms with E-state index in [9.17, 15) is 4.79 Å². The van der Waals surface area contributed by atoms with Gasteiger partial charge in [-0.05, 0) is 47.0 Å². The lowest BCUT2D eigenvalue weighted by molar-refractivity contribution is -0.116. The molecule has 0 fully saturated rings. The molecule has 1 amide bonds. The molecular formula is C16H14N8OS. The molecule has 0 saturated carbocycles. The first-order valence-electron chi connectivity index (χ1n) is 7.75. The Hall–Kier alpha value is -3.27. The highest BCUT2D eigenvalue weighted by Gasteiger charge is 2.11. The maximum Gasteiger partial charge on any atom is 0.246 e. The summed E-state index contributed by atoms with van der Waals surface area (Å²) in [4.78, 5) is 12.4. The molecule has 0 atom stereocenters. The van der Waals surface area contributed by atoms with Gasteiger partial charge in [-0.3, -0.25) is 4.79 Å². The zero-order valence-electron chi connectivity index (χ0n) is 13.8. The second-order valence-corrected chi connectivity index (χ2v) is 6.19. The summed E-state index contributed by atoms with van der Waals surface area (Å²) in [5.74, 6) is -0.195. The Kier molecular flexibility index (Phi) is 4.32. The number of carbonyl (C=O) groups is 1. The van der Waals surface area contributed by atoms with Crippen LogP contribution < -0.4 is 5.32 Å². The molecule has 0 aliphatic carbocycles. The Labute approximate surface area is 152 Å². The average Bonchev–Trinajstić information content (AvgIpc) is 3.29. The number of carbonyl (C=O) groups excluding carboxylic acids is 1. The van der Waals surface area contributed by atoms with Gasteiger partial charge in [0.05, 0.1) is 11.2 Å². The van der Waals surface area contributed by atoms with Gasteiger partial charge in [0.2, 0.25) is 11.1 Å². The molecule has 1 N–H and O–H groups in total. The first-order valence-corrected chi connectivity index (χ1v) is 8.98. The molecule has 4 aromatic rings. The zero-order chi connectivity index (χ0) is 17.9. The quantitative estimate of drug-likeness (QED) is 0.537. The fourth-order valence-electron chi connectivity index (χ4n) is 2.55. The van der Waals surface area contributed by atoms with Crippen LogP contribution in [-0.4, -0.2) is 47.4 Å². The van der Waals surface area contributed by atoms with Crippen LogP contribution in [0.25, 0.3) is 16.7 Å². The van der Waals surface area contributed by atoms with Crippen LogP contribution in [0, 0.1) is 0 Å². The minimum atomic E-state index is -0.195. The molecule has 0 radical (unpaired) electrons. The van der Waals surface area contributed by atoms with Crippen LogP contribution in [0.15, 0.2) is 53.7 Å². The van der Waals surface area contributed by atoms with Crippen molar-refractivity contribution < 1.29 is 4.79 Å². The Bertz CT molecular complexity index is 1070. The van der Waals surface area contributed by atoms with Crippen molar-refractivity contribution in [1.82, 2.24) is 35.2 Å². The van der Waals surface area contributed by atoms with Gasteiger partial charge in [0.25, 0.3) is 0 Å². The lowest BCUT2D eigenvalue weighted by Gasteiger charge is -2.08. The predicted octanol–water partition coefficient (Wildman–Crippen LogP) is 1.77. The highest BCUT2D eigenvalue weighted by Crippen LogP contribution is 2.19. The van der Waals surface area contributed by atoms with E-state index < -0.39 is 0 Å². The number of benzene rings is 2. The van der Waals surface area contributed by atoms with Gasteiger partial charge >= 0.3 is 0 Å². The lowest BCUT2D eigenvalue weighted by Crippen LogP contribution is -2.19. The van der Waals surface area contributed by atoms with Crippen molar-refractivity contribution in [3.05, 3.63) is 48.5 Å². The number of thioether (sulfide) groups is 1. The van der Waals surface area contributed by atoms with E-state index in [1.54, 1.807) is 9.36 Å². The maximum absolute atomic E-state index is 12.4. The summed E-state index contributed by atoms with van der Waals surface area (Å²) in [6, 6.07) is 14.8. The van der Waals surface area contributed by atoms with E-state index in [-0.39, 0.29) is 12.5 Å². The number of tetrazole rings is 1. The normalized spacial score (nSPS) is 11.0. The number of nitrogens with one attached hydrogen (secondary N) is 1. The van der Waals surface area contributed by atoms with Crippen molar-refractivity contribution in [3.8, 4) is 5.69 Å². The molecule has 2 heterocycles. The summed E-state index contributed by atoms with van der Waals surface area (Å²) in [5, 5.41) is 23.2. The van der Waals surface area contributed by atoms with E-state index in [1.165, 1.54) is 11.8 Å². The van der Waals surface area contributed by atoms with E-state index in [0.29, 0.717) is 10.8 Å². The van der Waals surface area contributed by atoms with Crippen LogP contribution in [0.3, 0.4) is 0 Å². The second kappa shape index (κ2) is 6.92. The minimum absolute atomic E-state index is 0.0751. The first kappa shape index (κ1) is 16.2. The molecule has 2 aromatic heterocycles. The van der Waals surface area contributed by atoms with Gasteiger partial charge in [-0.25, -0.2) is 4.68 Å². The first-order chi connectivity index (χ1) is 12.7. The average molecular weight is 366 g/mol. The van der Waals surface area contributed by atoms with Crippen molar-refractivity contribution in [2.45, 2.75) is 11.7 Å². The summed E-state index contributed by atoms with van der Waals surface area (Å²) in [6.45, 7) is 0.0751. The molecule has 10 heteroatoms. The van der Waals surface area contributed by atoms with Crippen molar-refractivity contribution in [2.24, 2.45) is 0 Å². The van der Waals surface area contributed by atoms with E-state index >= 15 is 0 Å². The third-order valence-corrected chi connectivity index (χ3v) is 4.33. The smallest absolute Gasteiger partial charge is 0.246 e. The summed E-state index contributed by atoms with van der Waals surface area (Å²) >= 11 is 1.44. The van der Waals surface area contributed by atoms with Gasteiger partial charge in [-0.15, -0.1) is 10.2 Å². The highest BCUT2D eigenvalue weighted by atomic mass is 32.2. The van der Waals surface area contributed by atoms with E-state index in [4.69, 9.17) is 0 Å². The maximum atomic E-state index is 12.4. The fraction of sp³-hybridized carbons (Fsp3) is 0.125. The van der Waals surface area contributed by atoms with Crippen molar-refractivity contribution in [1.29, 1.82) is 0 Å². The fourth-order valence-corrected chi connectivity index (χ4v) is 2.99. The lowest BCUT2D eigenvalue weighted by atomic mass is 10.2. The minimum Gasteiger partial charge on any atom is -0.324 e. The SMILES string of the molecule is CSc1nnnn1-c1cccc(NC(=O)Cn2nnc3ccccc32)c1. The molecule has 9 nitrogen and oxygen atoms in total. The van der Waals surface area contributed by atoms with Crippen molar-refractivity contribution >= 4 is 34.4 Å².